The maximum absolute atomic E-state index is 12.6. The Morgan fingerprint density at radius 3 is 2.45 bits per heavy atom. The van der Waals surface area contributed by atoms with E-state index in [4.69, 9.17) is 28.9 Å². The molecule has 3 aromatic rings. The molecule has 0 aliphatic rings. The number of H-pyrrole nitrogens is 1. The minimum atomic E-state index is -0.781. The molecule has 29 heavy (non-hydrogen) atoms. The predicted octanol–water partition coefficient (Wildman–Crippen LogP) is 3.34. The van der Waals surface area contributed by atoms with Crippen LogP contribution in [0.1, 0.15) is 31.3 Å². The van der Waals surface area contributed by atoms with Crippen LogP contribution in [0.4, 0.5) is 11.4 Å². The third-order valence-corrected chi connectivity index (χ3v) is 4.92. The summed E-state index contributed by atoms with van der Waals surface area (Å²) >= 11 is 12.0. The van der Waals surface area contributed by atoms with Crippen LogP contribution >= 0.6 is 23.2 Å². The molecule has 0 aliphatic carbocycles. The SMILES string of the molecule is CN(C(=O)c1nc[nH]c1C(N)=O)c1ccc(NC(=O)c2cccc(Cl)c2Cl)cc1. The Balaban J connectivity index is 1.75. The Labute approximate surface area is 175 Å². The number of nitrogens with one attached hydrogen (secondary N) is 2. The Kier molecular flexibility index (Phi) is 5.86. The van der Waals surface area contributed by atoms with Crippen molar-refractivity contribution in [3.05, 3.63) is 75.8 Å². The molecule has 2 aromatic carbocycles. The highest BCUT2D eigenvalue weighted by Crippen LogP contribution is 2.26. The molecule has 0 unspecified atom stereocenters. The third-order valence-electron chi connectivity index (χ3n) is 4.10. The number of anilines is 2. The molecule has 148 valence electrons. The van der Waals surface area contributed by atoms with E-state index < -0.39 is 17.7 Å². The van der Waals surface area contributed by atoms with Gasteiger partial charge in [0.15, 0.2) is 5.69 Å². The number of amides is 3. The molecule has 1 aromatic heterocycles. The number of aromatic amines is 1. The standard InChI is InChI=1S/C19H15Cl2N5O3/c1-26(19(29)16-15(17(22)27)23-9-24-16)11-7-5-10(6-8-11)25-18(28)12-3-2-4-13(20)14(12)21/h2-9H,1H3,(H2,22,27)(H,23,24)(H,25,28). The number of rotatable bonds is 5. The van der Waals surface area contributed by atoms with Crippen LogP contribution in [-0.4, -0.2) is 34.7 Å². The van der Waals surface area contributed by atoms with Gasteiger partial charge in [0.1, 0.15) is 5.69 Å². The van der Waals surface area contributed by atoms with E-state index >= 15 is 0 Å². The molecule has 0 spiro atoms. The predicted molar refractivity (Wildman–Crippen MR) is 111 cm³/mol. The number of imidazole rings is 1. The quantitative estimate of drug-likeness (QED) is 0.573. The molecule has 1 heterocycles. The number of nitrogens with two attached hydrogens (primary N) is 1. The maximum atomic E-state index is 12.6. The van der Waals surface area contributed by atoms with E-state index in [1.54, 1.807) is 42.5 Å². The maximum Gasteiger partial charge on any atom is 0.279 e. The summed E-state index contributed by atoms with van der Waals surface area (Å²) in [5.74, 6) is -1.71. The first-order chi connectivity index (χ1) is 13.8. The zero-order valence-corrected chi connectivity index (χ0v) is 16.6. The number of benzene rings is 2. The van der Waals surface area contributed by atoms with E-state index in [1.165, 1.54) is 18.3 Å². The summed E-state index contributed by atoms with van der Waals surface area (Å²) in [4.78, 5) is 44.1. The van der Waals surface area contributed by atoms with Gasteiger partial charge < -0.3 is 20.9 Å². The summed E-state index contributed by atoms with van der Waals surface area (Å²) in [5.41, 5.74) is 6.35. The van der Waals surface area contributed by atoms with Crippen molar-refractivity contribution >= 4 is 52.3 Å². The van der Waals surface area contributed by atoms with Gasteiger partial charge in [0.2, 0.25) is 0 Å². The van der Waals surface area contributed by atoms with Crippen molar-refractivity contribution in [1.82, 2.24) is 9.97 Å². The van der Waals surface area contributed by atoms with E-state index in [0.717, 1.165) is 0 Å². The lowest BCUT2D eigenvalue weighted by atomic mass is 10.2. The first-order valence-electron chi connectivity index (χ1n) is 8.26. The molecular weight excluding hydrogens is 417 g/mol. The van der Waals surface area contributed by atoms with Gasteiger partial charge in [-0.3, -0.25) is 14.4 Å². The fourth-order valence-electron chi connectivity index (χ4n) is 2.57. The monoisotopic (exact) mass is 431 g/mol. The van der Waals surface area contributed by atoms with Crippen LogP contribution in [0.25, 0.3) is 0 Å². The third kappa shape index (κ3) is 4.23. The molecule has 4 N–H and O–H groups in total. The molecule has 0 fully saturated rings. The van der Waals surface area contributed by atoms with Crippen LogP contribution in [-0.2, 0) is 0 Å². The number of primary amides is 1. The van der Waals surface area contributed by atoms with E-state index in [2.05, 4.69) is 15.3 Å². The molecule has 3 amide bonds. The molecule has 0 aliphatic heterocycles. The normalized spacial score (nSPS) is 10.4. The largest absolute Gasteiger partial charge is 0.364 e. The van der Waals surface area contributed by atoms with Gasteiger partial charge in [-0.2, -0.15) is 0 Å². The lowest BCUT2D eigenvalue weighted by molar-refractivity contribution is 0.0958. The molecule has 0 atom stereocenters. The van der Waals surface area contributed by atoms with Crippen molar-refractivity contribution in [1.29, 1.82) is 0 Å². The van der Waals surface area contributed by atoms with Crippen molar-refractivity contribution in [2.45, 2.75) is 0 Å². The van der Waals surface area contributed by atoms with Crippen molar-refractivity contribution < 1.29 is 14.4 Å². The van der Waals surface area contributed by atoms with E-state index in [1.807, 2.05) is 0 Å². The van der Waals surface area contributed by atoms with Gasteiger partial charge in [-0.25, -0.2) is 4.98 Å². The van der Waals surface area contributed by atoms with Crippen molar-refractivity contribution in [2.24, 2.45) is 5.73 Å². The topological polar surface area (TPSA) is 121 Å². The van der Waals surface area contributed by atoms with Gasteiger partial charge in [0, 0.05) is 18.4 Å². The van der Waals surface area contributed by atoms with Crippen molar-refractivity contribution in [3.8, 4) is 0 Å². The summed E-state index contributed by atoms with van der Waals surface area (Å²) in [7, 11) is 1.53. The average Bonchev–Trinajstić information content (AvgIpc) is 3.19. The minimum Gasteiger partial charge on any atom is -0.364 e. The summed E-state index contributed by atoms with van der Waals surface area (Å²) in [6.45, 7) is 0. The van der Waals surface area contributed by atoms with Crippen LogP contribution < -0.4 is 16.0 Å². The van der Waals surface area contributed by atoms with E-state index in [-0.39, 0.29) is 27.0 Å². The molecule has 3 rings (SSSR count). The fourth-order valence-corrected chi connectivity index (χ4v) is 2.95. The van der Waals surface area contributed by atoms with Crippen molar-refractivity contribution in [2.75, 3.05) is 17.3 Å². The highest BCUT2D eigenvalue weighted by molar-refractivity contribution is 6.44. The van der Waals surface area contributed by atoms with Gasteiger partial charge in [0.25, 0.3) is 17.7 Å². The second kappa shape index (κ2) is 8.34. The van der Waals surface area contributed by atoms with Crippen LogP contribution in [0.15, 0.2) is 48.8 Å². The van der Waals surface area contributed by atoms with Crippen molar-refractivity contribution in [3.63, 3.8) is 0 Å². The fraction of sp³-hybridized carbons (Fsp3) is 0.0526. The molecule has 8 nitrogen and oxygen atoms in total. The summed E-state index contributed by atoms with van der Waals surface area (Å²) in [6.07, 6.45) is 1.22. The number of carbonyl (C=O) groups is 3. The van der Waals surface area contributed by atoms with Gasteiger partial charge in [-0.05, 0) is 36.4 Å². The smallest absolute Gasteiger partial charge is 0.279 e. The highest BCUT2D eigenvalue weighted by atomic mass is 35.5. The van der Waals surface area contributed by atoms with E-state index in [0.29, 0.717) is 11.4 Å². The first-order valence-corrected chi connectivity index (χ1v) is 9.02. The van der Waals surface area contributed by atoms with Gasteiger partial charge in [0.05, 0.1) is 21.9 Å². The second-order valence-electron chi connectivity index (χ2n) is 5.96. The van der Waals surface area contributed by atoms with Gasteiger partial charge >= 0.3 is 0 Å². The van der Waals surface area contributed by atoms with Gasteiger partial charge in [-0.15, -0.1) is 0 Å². The van der Waals surface area contributed by atoms with Crippen LogP contribution in [0, 0.1) is 0 Å². The molecule has 0 radical (unpaired) electrons. The van der Waals surface area contributed by atoms with E-state index in [9.17, 15) is 14.4 Å². The highest BCUT2D eigenvalue weighted by Gasteiger charge is 2.22. The minimum absolute atomic E-state index is 0.0656. The lowest BCUT2D eigenvalue weighted by Crippen LogP contribution is -2.29. The first kappa shape index (κ1) is 20.4. The Morgan fingerprint density at radius 1 is 1.10 bits per heavy atom. The molecule has 0 saturated heterocycles. The Hall–Kier alpha value is -3.36. The molecule has 0 saturated carbocycles. The van der Waals surface area contributed by atoms with Crippen LogP contribution in [0.3, 0.4) is 0 Å². The van der Waals surface area contributed by atoms with Crippen LogP contribution in [0.5, 0.6) is 0 Å². The zero-order chi connectivity index (χ0) is 21.1. The second-order valence-corrected chi connectivity index (χ2v) is 6.74. The number of hydrogen-bond acceptors (Lipinski definition) is 4. The number of carbonyl (C=O) groups excluding carboxylic acids is 3. The Morgan fingerprint density at radius 2 is 1.79 bits per heavy atom. The summed E-state index contributed by atoms with van der Waals surface area (Å²) in [5, 5.41) is 3.15. The van der Waals surface area contributed by atoms with Gasteiger partial charge in [-0.1, -0.05) is 29.3 Å². The molecule has 10 heteroatoms. The van der Waals surface area contributed by atoms with Crippen LogP contribution in [0.2, 0.25) is 10.0 Å². The Bertz CT molecular complexity index is 1100. The number of halogens is 2. The zero-order valence-electron chi connectivity index (χ0n) is 15.1. The lowest BCUT2D eigenvalue weighted by Gasteiger charge is -2.17. The number of hydrogen-bond donors (Lipinski definition) is 3. The molecule has 0 bridgehead atoms. The summed E-state index contributed by atoms with van der Waals surface area (Å²) in [6, 6.07) is 11.3. The average molecular weight is 432 g/mol. The number of nitrogens with zero attached hydrogens (tertiary/aromatic N) is 2. The number of aromatic nitrogens is 2. The summed E-state index contributed by atoms with van der Waals surface area (Å²) < 4.78 is 0. The molecular formula is C19H15Cl2N5O3.